The van der Waals surface area contributed by atoms with E-state index in [1.807, 2.05) is 0 Å². The fourth-order valence-corrected chi connectivity index (χ4v) is 3.03. The first-order valence-electron chi connectivity index (χ1n) is 4.77. The van der Waals surface area contributed by atoms with Crippen LogP contribution in [0.3, 0.4) is 0 Å². The second kappa shape index (κ2) is 4.78. The van der Waals surface area contributed by atoms with Crippen LogP contribution in [-0.4, -0.2) is 25.7 Å². The van der Waals surface area contributed by atoms with Crippen LogP contribution in [0, 0.1) is 0 Å². The van der Waals surface area contributed by atoms with Gasteiger partial charge in [0.05, 0.1) is 7.11 Å². The molecule has 96 valence electrons. The van der Waals surface area contributed by atoms with Gasteiger partial charge in [0.25, 0.3) is 14.4 Å². The molecule has 0 atom stereocenters. The maximum atomic E-state index is 11.9. The summed E-state index contributed by atoms with van der Waals surface area (Å²) in [5.74, 6) is 0.637. The fraction of sp³-hybridized carbons (Fsp3) is 0.111. The van der Waals surface area contributed by atoms with Gasteiger partial charge in [-0.3, -0.25) is 4.72 Å². The van der Waals surface area contributed by atoms with E-state index >= 15 is 0 Å². The van der Waals surface area contributed by atoms with Gasteiger partial charge in [0, 0.05) is 5.69 Å². The highest BCUT2D eigenvalue weighted by Gasteiger charge is 2.19. The number of rotatable bonds is 4. The third-order valence-corrected chi connectivity index (χ3v) is 4.50. The summed E-state index contributed by atoms with van der Waals surface area (Å²) < 4.78 is 30.9. The average molecular weight is 286 g/mol. The minimum atomic E-state index is -3.74. The van der Waals surface area contributed by atoms with Crippen molar-refractivity contribution in [1.82, 2.24) is 10.2 Å². The van der Waals surface area contributed by atoms with E-state index < -0.39 is 10.0 Å². The molecule has 0 amide bonds. The van der Waals surface area contributed by atoms with Crippen molar-refractivity contribution in [2.24, 2.45) is 0 Å². The van der Waals surface area contributed by atoms with Crippen LogP contribution < -0.4 is 15.2 Å². The zero-order chi connectivity index (χ0) is 13.2. The number of methoxy groups -OCH3 is 1. The molecule has 0 aliphatic carbocycles. The van der Waals surface area contributed by atoms with Crippen molar-refractivity contribution in [2.75, 3.05) is 17.6 Å². The molecule has 0 radical (unpaired) electrons. The highest BCUT2D eigenvalue weighted by atomic mass is 32.2. The largest absolute Gasteiger partial charge is 0.497 e. The Morgan fingerprint density at radius 3 is 2.44 bits per heavy atom. The van der Waals surface area contributed by atoms with E-state index in [2.05, 4.69) is 14.9 Å². The summed E-state index contributed by atoms with van der Waals surface area (Å²) in [7, 11) is -2.21. The van der Waals surface area contributed by atoms with E-state index in [1.165, 1.54) is 7.11 Å². The highest BCUT2D eigenvalue weighted by molar-refractivity contribution is 7.94. The molecule has 0 saturated carbocycles. The van der Waals surface area contributed by atoms with Crippen LogP contribution >= 0.6 is 11.3 Å². The van der Waals surface area contributed by atoms with E-state index in [1.54, 1.807) is 24.3 Å². The molecule has 0 saturated heterocycles. The molecular formula is C9H10N4O3S2. The van der Waals surface area contributed by atoms with Gasteiger partial charge in [0.15, 0.2) is 0 Å². The minimum absolute atomic E-state index is 0.102. The summed E-state index contributed by atoms with van der Waals surface area (Å²) in [6.07, 6.45) is 0. The van der Waals surface area contributed by atoms with Crippen molar-refractivity contribution in [3.05, 3.63) is 24.3 Å². The third kappa shape index (κ3) is 2.68. The summed E-state index contributed by atoms with van der Waals surface area (Å²) >= 11 is 0.802. The van der Waals surface area contributed by atoms with Gasteiger partial charge in [-0.25, -0.2) is 0 Å². The molecule has 1 aromatic carbocycles. The first kappa shape index (κ1) is 12.6. The van der Waals surface area contributed by atoms with Crippen LogP contribution in [0.4, 0.5) is 10.8 Å². The first-order chi connectivity index (χ1) is 8.51. The van der Waals surface area contributed by atoms with Crippen molar-refractivity contribution in [1.29, 1.82) is 0 Å². The monoisotopic (exact) mass is 286 g/mol. The smallest absolute Gasteiger partial charge is 0.291 e. The molecule has 1 aromatic heterocycles. The molecule has 1 heterocycles. The number of nitrogens with two attached hydrogens (primary N) is 1. The maximum Gasteiger partial charge on any atom is 0.291 e. The molecule has 2 aromatic rings. The lowest BCUT2D eigenvalue weighted by molar-refractivity contribution is 0.415. The van der Waals surface area contributed by atoms with Crippen molar-refractivity contribution >= 4 is 32.2 Å². The lowest BCUT2D eigenvalue weighted by Gasteiger charge is -2.05. The lowest BCUT2D eigenvalue weighted by atomic mass is 10.3. The summed E-state index contributed by atoms with van der Waals surface area (Å²) in [6, 6.07) is 6.46. The Kier molecular flexibility index (Phi) is 3.34. The van der Waals surface area contributed by atoms with E-state index in [-0.39, 0.29) is 9.47 Å². The quantitative estimate of drug-likeness (QED) is 0.865. The summed E-state index contributed by atoms with van der Waals surface area (Å²) in [4.78, 5) is 0. The predicted octanol–water partition coefficient (Wildman–Crippen LogP) is 0.930. The number of anilines is 2. The van der Waals surface area contributed by atoms with Crippen LogP contribution in [0.15, 0.2) is 28.6 Å². The Balaban J connectivity index is 2.22. The number of benzene rings is 1. The molecule has 7 nitrogen and oxygen atoms in total. The van der Waals surface area contributed by atoms with Gasteiger partial charge in [-0.2, -0.15) is 8.42 Å². The molecule has 2 rings (SSSR count). The second-order valence-electron chi connectivity index (χ2n) is 3.24. The molecule has 0 spiro atoms. The Labute approximate surface area is 108 Å². The number of nitrogen functional groups attached to an aromatic ring is 1. The zero-order valence-corrected chi connectivity index (χ0v) is 11.0. The van der Waals surface area contributed by atoms with Crippen LogP contribution in [0.25, 0.3) is 0 Å². The molecule has 9 heteroatoms. The Morgan fingerprint density at radius 2 is 1.94 bits per heavy atom. The molecule has 3 N–H and O–H groups in total. The number of ether oxygens (including phenoxy) is 1. The van der Waals surface area contributed by atoms with E-state index in [4.69, 9.17) is 10.5 Å². The zero-order valence-electron chi connectivity index (χ0n) is 9.32. The van der Waals surface area contributed by atoms with Crippen molar-refractivity contribution in [3.8, 4) is 5.75 Å². The summed E-state index contributed by atoms with van der Waals surface area (Å²) in [5, 5.41) is 7.05. The maximum absolute atomic E-state index is 11.9. The molecule has 0 bridgehead atoms. The molecule has 0 fully saturated rings. The van der Waals surface area contributed by atoms with E-state index in [0.29, 0.717) is 11.4 Å². The number of hydrogen-bond acceptors (Lipinski definition) is 7. The fourth-order valence-electron chi connectivity index (χ4n) is 1.19. The molecular weight excluding hydrogens is 276 g/mol. The normalized spacial score (nSPS) is 11.2. The van der Waals surface area contributed by atoms with Gasteiger partial charge in [0.2, 0.25) is 5.13 Å². The standard InChI is InChI=1S/C9H10N4O3S2/c1-16-7-4-2-6(3-5-7)13-18(14,15)9-12-11-8(10)17-9/h2-5,13H,1H3,(H2,10,11). The van der Waals surface area contributed by atoms with Crippen molar-refractivity contribution in [2.45, 2.75) is 4.34 Å². The van der Waals surface area contributed by atoms with Crippen LogP contribution in [0.1, 0.15) is 0 Å². The van der Waals surface area contributed by atoms with Gasteiger partial charge in [-0.15, -0.1) is 10.2 Å². The summed E-state index contributed by atoms with van der Waals surface area (Å²) in [5.41, 5.74) is 5.75. The van der Waals surface area contributed by atoms with Gasteiger partial charge >= 0.3 is 0 Å². The predicted molar refractivity (Wildman–Crippen MR) is 68.1 cm³/mol. The number of hydrogen-bond donors (Lipinski definition) is 2. The highest BCUT2D eigenvalue weighted by Crippen LogP contribution is 2.21. The molecule has 0 unspecified atom stereocenters. The Morgan fingerprint density at radius 1 is 1.28 bits per heavy atom. The molecule has 18 heavy (non-hydrogen) atoms. The lowest BCUT2D eigenvalue weighted by Crippen LogP contribution is -2.12. The molecule has 0 aliphatic rings. The van der Waals surface area contributed by atoms with Gasteiger partial charge in [-0.05, 0) is 24.3 Å². The Bertz CT molecular complexity index is 636. The second-order valence-corrected chi connectivity index (χ2v) is 6.11. The van der Waals surface area contributed by atoms with Gasteiger partial charge < -0.3 is 10.5 Å². The van der Waals surface area contributed by atoms with Gasteiger partial charge in [0.1, 0.15) is 5.75 Å². The van der Waals surface area contributed by atoms with Crippen molar-refractivity contribution < 1.29 is 13.2 Å². The topological polar surface area (TPSA) is 107 Å². The number of nitrogens with one attached hydrogen (secondary N) is 1. The number of nitrogens with zero attached hydrogens (tertiary/aromatic N) is 2. The van der Waals surface area contributed by atoms with Crippen molar-refractivity contribution in [3.63, 3.8) is 0 Å². The number of sulfonamides is 1. The van der Waals surface area contributed by atoms with Crippen LogP contribution in [0.5, 0.6) is 5.75 Å². The van der Waals surface area contributed by atoms with Gasteiger partial charge in [-0.1, -0.05) is 11.3 Å². The first-order valence-corrected chi connectivity index (χ1v) is 7.07. The summed E-state index contributed by atoms with van der Waals surface area (Å²) in [6.45, 7) is 0. The SMILES string of the molecule is COc1ccc(NS(=O)(=O)c2nnc(N)s2)cc1. The van der Waals surface area contributed by atoms with Crippen LogP contribution in [-0.2, 0) is 10.0 Å². The van der Waals surface area contributed by atoms with Crippen LogP contribution in [0.2, 0.25) is 0 Å². The van der Waals surface area contributed by atoms with E-state index in [9.17, 15) is 8.42 Å². The van der Waals surface area contributed by atoms with E-state index in [0.717, 1.165) is 11.3 Å². The average Bonchev–Trinajstić information content (AvgIpc) is 2.77. The Hall–Kier alpha value is -1.87. The third-order valence-electron chi connectivity index (χ3n) is 1.99. The molecule has 0 aliphatic heterocycles. The number of aromatic nitrogens is 2. The minimum Gasteiger partial charge on any atom is -0.497 e.